The second-order valence-electron chi connectivity index (χ2n) is 2.90. The number of carbonyl (C=O) groups excluding carboxylic acids is 1. The van der Waals surface area contributed by atoms with Gasteiger partial charge in [0.25, 0.3) is 0 Å². The zero-order valence-electron chi connectivity index (χ0n) is 7.20. The van der Waals surface area contributed by atoms with Gasteiger partial charge in [-0.3, -0.25) is 4.79 Å². The Morgan fingerprint density at radius 1 is 1.17 bits per heavy atom. The van der Waals surface area contributed by atoms with Crippen LogP contribution in [-0.4, -0.2) is 6.29 Å². The predicted molar refractivity (Wildman–Crippen MR) is 50.9 cm³/mol. The molecule has 1 aliphatic carbocycles. The van der Waals surface area contributed by atoms with Gasteiger partial charge in [0.1, 0.15) is 6.29 Å². The Bertz CT molecular complexity index is 221. The van der Waals surface area contributed by atoms with E-state index in [0.717, 1.165) is 6.29 Å². The van der Waals surface area contributed by atoms with E-state index in [-0.39, 0.29) is 0 Å². The van der Waals surface area contributed by atoms with Crippen molar-refractivity contribution in [2.24, 2.45) is 0 Å². The maximum absolute atomic E-state index is 9.92. The Morgan fingerprint density at radius 2 is 2.08 bits per heavy atom. The molecule has 0 aliphatic heterocycles. The monoisotopic (exact) mass is 162 g/mol. The van der Waals surface area contributed by atoms with Crippen LogP contribution in [0.1, 0.15) is 25.7 Å². The number of aldehydes is 1. The predicted octanol–water partition coefficient (Wildman–Crippen LogP) is 2.80. The summed E-state index contributed by atoms with van der Waals surface area (Å²) in [6.07, 6.45) is 15.3. The van der Waals surface area contributed by atoms with Crippen LogP contribution >= 0.6 is 0 Å². The van der Waals surface area contributed by atoms with Crippen molar-refractivity contribution < 1.29 is 4.79 Å². The van der Waals surface area contributed by atoms with Crippen molar-refractivity contribution in [3.8, 4) is 0 Å². The van der Waals surface area contributed by atoms with Crippen LogP contribution in [0.5, 0.6) is 0 Å². The van der Waals surface area contributed by atoms with Crippen molar-refractivity contribution in [1.82, 2.24) is 0 Å². The molecule has 1 nitrogen and oxygen atoms in total. The fourth-order valence-electron chi connectivity index (χ4n) is 1.30. The second-order valence-corrected chi connectivity index (χ2v) is 2.90. The lowest BCUT2D eigenvalue weighted by molar-refractivity contribution is -0.104. The summed E-state index contributed by atoms with van der Waals surface area (Å²) in [4.78, 5) is 9.92. The molecule has 0 aromatic carbocycles. The lowest BCUT2D eigenvalue weighted by Crippen LogP contribution is -1.87. The van der Waals surface area contributed by atoms with E-state index >= 15 is 0 Å². The van der Waals surface area contributed by atoms with E-state index in [1.807, 2.05) is 6.08 Å². The highest BCUT2D eigenvalue weighted by atomic mass is 16.1. The van der Waals surface area contributed by atoms with Crippen molar-refractivity contribution in [3.63, 3.8) is 0 Å². The van der Waals surface area contributed by atoms with E-state index in [2.05, 4.69) is 12.2 Å². The molecule has 0 saturated carbocycles. The molecule has 0 aromatic heterocycles. The van der Waals surface area contributed by atoms with E-state index in [0.29, 0.717) is 0 Å². The summed E-state index contributed by atoms with van der Waals surface area (Å²) in [7, 11) is 0. The molecule has 0 unspecified atom stereocenters. The van der Waals surface area contributed by atoms with Crippen LogP contribution in [-0.2, 0) is 4.79 Å². The molecule has 0 atom stereocenters. The van der Waals surface area contributed by atoms with Gasteiger partial charge in [-0.15, -0.1) is 0 Å². The molecule has 0 bridgehead atoms. The third-order valence-corrected chi connectivity index (χ3v) is 1.94. The summed E-state index contributed by atoms with van der Waals surface area (Å²) in [5.74, 6) is 0. The molecule has 12 heavy (non-hydrogen) atoms. The molecule has 0 N–H and O–H groups in total. The number of carbonyl (C=O) groups is 1. The molecular weight excluding hydrogens is 148 g/mol. The Balaban J connectivity index is 2.38. The molecule has 0 aromatic rings. The van der Waals surface area contributed by atoms with Crippen molar-refractivity contribution in [3.05, 3.63) is 36.0 Å². The minimum Gasteiger partial charge on any atom is -0.299 e. The van der Waals surface area contributed by atoms with Crippen molar-refractivity contribution >= 4 is 6.29 Å². The minimum absolute atomic E-state index is 0.791. The van der Waals surface area contributed by atoms with E-state index < -0.39 is 0 Å². The van der Waals surface area contributed by atoms with Crippen molar-refractivity contribution in [1.29, 1.82) is 0 Å². The third kappa shape index (κ3) is 3.33. The van der Waals surface area contributed by atoms with Gasteiger partial charge in [0.2, 0.25) is 0 Å². The SMILES string of the molecule is O=C/C=C/C=C/C1=CCCCC1. The van der Waals surface area contributed by atoms with Crippen LogP contribution in [0.4, 0.5) is 0 Å². The summed E-state index contributed by atoms with van der Waals surface area (Å²) >= 11 is 0. The lowest BCUT2D eigenvalue weighted by atomic mass is 9.99. The van der Waals surface area contributed by atoms with Gasteiger partial charge in [-0.1, -0.05) is 29.9 Å². The Kier molecular flexibility index (Phi) is 4.14. The molecule has 1 heteroatoms. The summed E-state index contributed by atoms with van der Waals surface area (Å²) in [6, 6.07) is 0. The number of rotatable bonds is 3. The van der Waals surface area contributed by atoms with Crippen LogP contribution in [0.3, 0.4) is 0 Å². The first-order valence-electron chi connectivity index (χ1n) is 4.41. The average Bonchev–Trinajstić information content (AvgIpc) is 2.14. The van der Waals surface area contributed by atoms with E-state index in [9.17, 15) is 4.79 Å². The second kappa shape index (κ2) is 5.53. The lowest BCUT2D eigenvalue weighted by Gasteiger charge is -2.07. The van der Waals surface area contributed by atoms with Gasteiger partial charge in [0.05, 0.1) is 0 Å². The van der Waals surface area contributed by atoms with Crippen LogP contribution in [0.25, 0.3) is 0 Å². The van der Waals surface area contributed by atoms with E-state index in [1.165, 1.54) is 37.3 Å². The van der Waals surface area contributed by atoms with Gasteiger partial charge in [0, 0.05) is 0 Å². The van der Waals surface area contributed by atoms with Gasteiger partial charge in [-0.2, -0.15) is 0 Å². The molecule has 0 radical (unpaired) electrons. The maximum atomic E-state index is 9.92. The first-order chi connectivity index (χ1) is 5.93. The normalized spacial score (nSPS) is 18.5. The van der Waals surface area contributed by atoms with Crippen LogP contribution in [0, 0.1) is 0 Å². The zero-order valence-corrected chi connectivity index (χ0v) is 7.20. The van der Waals surface area contributed by atoms with Gasteiger partial charge >= 0.3 is 0 Å². The average molecular weight is 162 g/mol. The molecule has 0 saturated heterocycles. The highest BCUT2D eigenvalue weighted by Crippen LogP contribution is 2.17. The minimum atomic E-state index is 0.791. The standard InChI is InChI=1S/C11H14O/c12-10-6-2-5-9-11-7-3-1-4-8-11/h2,5-7,9-10H,1,3-4,8H2/b6-2+,9-5+. The van der Waals surface area contributed by atoms with Gasteiger partial charge < -0.3 is 0 Å². The van der Waals surface area contributed by atoms with E-state index in [4.69, 9.17) is 0 Å². The van der Waals surface area contributed by atoms with Crippen LogP contribution < -0.4 is 0 Å². The quantitative estimate of drug-likeness (QED) is 0.354. The fraction of sp³-hybridized carbons (Fsp3) is 0.364. The largest absolute Gasteiger partial charge is 0.299 e. The van der Waals surface area contributed by atoms with Crippen LogP contribution in [0.2, 0.25) is 0 Å². The number of hydrogen-bond acceptors (Lipinski definition) is 1. The Morgan fingerprint density at radius 3 is 2.75 bits per heavy atom. The first kappa shape index (κ1) is 8.98. The van der Waals surface area contributed by atoms with E-state index in [1.54, 1.807) is 6.08 Å². The molecular formula is C11H14O. The highest BCUT2D eigenvalue weighted by Gasteiger charge is 1.98. The highest BCUT2D eigenvalue weighted by molar-refractivity contribution is 5.65. The topological polar surface area (TPSA) is 17.1 Å². The third-order valence-electron chi connectivity index (χ3n) is 1.94. The molecule has 1 aliphatic rings. The molecule has 1 rings (SSSR count). The summed E-state index contributed by atoms with van der Waals surface area (Å²) in [6.45, 7) is 0. The first-order valence-corrected chi connectivity index (χ1v) is 4.41. The maximum Gasteiger partial charge on any atom is 0.142 e. The van der Waals surface area contributed by atoms with Crippen molar-refractivity contribution in [2.45, 2.75) is 25.7 Å². The molecule has 0 spiro atoms. The summed E-state index contributed by atoms with van der Waals surface area (Å²) in [5.41, 5.74) is 1.40. The molecule has 0 fully saturated rings. The van der Waals surface area contributed by atoms with Gasteiger partial charge in [0.15, 0.2) is 0 Å². The van der Waals surface area contributed by atoms with Gasteiger partial charge in [-0.25, -0.2) is 0 Å². The molecule has 0 amide bonds. The van der Waals surface area contributed by atoms with Crippen LogP contribution in [0.15, 0.2) is 36.0 Å². The smallest absolute Gasteiger partial charge is 0.142 e. The van der Waals surface area contributed by atoms with Gasteiger partial charge in [-0.05, 0) is 31.8 Å². The van der Waals surface area contributed by atoms with Crippen molar-refractivity contribution in [2.75, 3.05) is 0 Å². The Hall–Kier alpha value is -1.11. The number of allylic oxidation sites excluding steroid dienone is 6. The summed E-state index contributed by atoms with van der Waals surface area (Å²) in [5, 5.41) is 0. The summed E-state index contributed by atoms with van der Waals surface area (Å²) < 4.78 is 0. The fourth-order valence-corrected chi connectivity index (χ4v) is 1.30. The molecule has 64 valence electrons. The molecule has 0 heterocycles. The number of hydrogen-bond donors (Lipinski definition) is 0. The Labute approximate surface area is 73.5 Å². The zero-order chi connectivity index (χ0) is 8.65.